The van der Waals surface area contributed by atoms with Gasteiger partial charge in [0.05, 0.1) is 25.3 Å². The van der Waals surface area contributed by atoms with Crippen LogP contribution >= 0.6 is 0 Å². The van der Waals surface area contributed by atoms with Crippen LogP contribution in [0, 0.1) is 0 Å². The van der Waals surface area contributed by atoms with Crippen molar-refractivity contribution >= 4 is 23.2 Å². The highest BCUT2D eigenvalue weighted by Crippen LogP contribution is 2.41. The second kappa shape index (κ2) is 8.99. The molecule has 29 heavy (non-hydrogen) atoms. The van der Waals surface area contributed by atoms with Gasteiger partial charge in [-0.05, 0) is 42.7 Å². The molecule has 2 aromatic rings. The van der Waals surface area contributed by atoms with E-state index in [-0.39, 0.29) is 11.8 Å². The molecule has 0 atom stereocenters. The van der Waals surface area contributed by atoms with Crippen molar-refractivity contribution in [2.45, 2.75) is 44.4 Å². The molecule has 1 aliphatic rings. The van der Waals surface area contributed by atoms with Crippen molar-refractivity contribution in [1.82, 2.24) is 0 Å². The van der Waals surface area contributed by atoms with Crippen LogP contribution in [0.4, 0.5) is 11.4 Å². The lowest BCUT2D eigenvalue weighted by Gasteiger charge is -2.36. The van der Waals surface area contributed by atoms with Gasteiger partial charge in [0.1, 0.15) is 11.5 Å². The lowest BCUT2D eigenvalue weighted by atomic mass is 9.68. The number of hydrogen-bond donors (Lipinski definition) is 2. The molecule has 1 fully saturated rings. The summed E-state index contributed by atoms with van der Waals surface area (Å²) >= 11 is 0. The van der Waals surface area contributed by atoms with Crippen LogP contribution in [0.2, 0.25) is 0 Å². The Morgan fingerprint density at radius 1 is 0.897 bits per heavy atom. The Morgan fingerprint density at radius 2 is 1.59 bits per heavy atom. The van der Waals surface area contributed by atoms with Crippen LogP contribution in [0.25, 0.3) is 0 Å². The molecule has 0 bridgehead atoms. The van der Waals surface area contributed by atoms with Crippen molar-refractivity contribution in [3.63, 3.8) is 0 Å². The first-order valence-corrected chi connectivity index (χ1v) is 9.90. The molecule has 0 aliphatic heterocycles. The van der Waals surface area contributed by atoms with Crippen LogP contribution in [0.5, 0.6) is 11.5 Å². The third-order valence-electron chi connectivity index (χ3n) is 5.55. The molecule has 1 saturated carbocycles. The van der Waals surface area contributed by atoms with Gasteiger partial charge in [-0.15, -0.1) is 0 Å². The van der Waals surface area contributed by atoms with Gasteiger partial charge in [-0.25, -0.2) is 0 Å². The summed E-state index contributed by atoms with van der Waals surface area (Å²) < 4.78 is 10.6. The minimum atomic E-state index is -0.561. The summed E-state index contributed by atoms with van der Waals surface area (Å²) in [7, 11) is 3.17. The van der Waals surface area contributed by atoms with Gasteiger partial charge in [-0.2, -0.15) is 0 Å². The first-order valence-electron chi connectivity index (χ1n) is 9.90. The Balaban J connectivity index is 1.88. The van der Waals surface area contributed by atoms with E-state index in [0.29, 0.717) is 17.1 Å². The predicted molar refractivity (Wildman–Crippen MR) is 114 cm³/mol. The average molecular weight is 396 g/mol. The van der Waals surface area contributed by atoms with Crippen molar-refractivity contribution in [3.05, 3.63) is 48.0 Å². The number of carbonyl (C=O) groups excluding carboxylic acids is 2. The standard InChI is InChI=1S/C23H28N2O4/c1-16(26)24-20-12-9-18(15-21(20)29-3)25-22(27)23(13-5-4-6-14-23)17-7-10-19(28-2)11-8-17/h7-12,15H,4-6,13-14H2,1-3H3,(H,24,26)(H,25,27). The second-order valence-corrected chi connectivity index (χ2v) is 7.42. The fourth-order valence-electron chi connectivity index (χ4n) is 4.02. The van der Waals surface area contributed by atoms with Crippen molar-refractivity contribution in [2.24, 2.45) is 0 Å². The highest BCUT2D eigenvalue weighted by Gasteiger charge is 2.41. The quantitative estimate of drug-likeness (QED) is 0.754. The zero-order valence-electron chi connectivity index (χ0n) is 17.2. The normalized spacial score (nSPS) is 15.3. The monoisotopic (exact) mass is 396 g/mol. The van der Waals surface area contributed by atoms with Gasteiger partial charge in [0.25, 0.3) is 0 Å². The zero-order valence-corrected chi connectivity index (χ0v) is 17.2. The third-order valence-corrected chi connectivity index (χ3v) is 5.55. The van der Waals surface area contributed by atoms with Crippen molar-refractivity contribution in [1.29, 1.82) is 0 Å². The number of methoxy groups -OCH3 is 2. The molecule has 0 aromatic heterocycles. The minimum Gasteiger partial charge on any atom is -0.497 e. The maximum atomic E-state index is 13.5. The molecule has 6 heteroatoms. The van der Waals surface area contributed by atoms with Crippen LogP contribution in [-0.2, 0) is 15.0 Å². The molecule has 3 rings (SSSR count). The van der Waals surface area contributed by atoms with Gasteiger partial charge in [-0.1, -0.05) is 31.4 Å². The maximum Gasteiger partial charge on any atom is 0.235 e. The van der Waals surface area contributed by atoms with Crippen molar-refractivity contribution < 1.29 is 19.1 Å². The van der Waals surface area contributed by atoms with Crippen LogP contribution < -0.4 is 20.1 Å². The molecular weight excluding hydrogens is 368 g/mol. The summed E-state index contributed by atoms with van der Waals surface area (Å²) in [6.07, 6.45) is 4.80. The average Bonchev–Trinajstić information content (AvgIpc) is 2.75. The first kappa shape index (κ1) is 20.7. The highest BCUT2D eigenvalue weighted by molar-refractivity contribution is 6.00. The number of nitrogens with one attached hydrogen (secondary N) is 2. The first-order chi connectivity index (χ1) is 14.0. The Morgan fingerprint density at radius 3 is 2.17 bits per heavy atom. The molecule has 0 spiro atoms. The summed E-state index contributed by atoms with van der Waals surface area (Å²) in [5.74, 6) is 1.08. The summed E-state index contributed by atoms with van der Waals surface area (Å²) in [6.45, 7) is 1.44. The maximum absolute atomic E-state index is 13.5. The molecule has 0 heterocycles. The van der Waals surface area contributed by atoms with E-state index in [1.54, 1.807) is 25.3 Å². The highest BCUT2D eigenvalue weighted by atomic mass is 16.5. The Labute approximate surface area is 171 Å². The van der Waals surface area contributed by atoms with Crippen molar-refractivity contribution in [2.75, 3.05) is 24.9 Å². The van der Waals surface area contributed by atoms with E-state index in [1.807, 2.05) is 24.3 Å². The van der Waals surface area contributed by atoms with Gasteiger partial charge in [0.15, 0.2) is 0 Å². The van der Waals surface area contributed by atoms with Crippen LogP contribution in [0.1, 0.15) is 44.6 Å². The molecule has 2 aromatic carbocycles. The lowest BCUT2D eigenvalue weighted by Crippen LogP contribution is -2.42. The number of carbonyl (C=O) groups is 2. The summed E-state index contributed by atoms with van der Waals surface area (Å²) in [5.41, 5.74) is 1.66. The van der Waals surface area contributed by atoms with E-state index in [0.717, 1.165) is 43.4 Å². The van der Waals surface area contributed by atoms with Gasteiger partial charge in [0.2, 0.25) is 11.8 Å². The lowest BCUT2D eigenvalue weighted by molar-refractivity contribution is -0.122. The summed E-state index contributed by atoms with van der Waals surface area (Å²) in [4.78, 5) is 24.8. The third kappa shape index (κ3) is 4.53. The Kier molecular flexibility index (Phi) is 6.42. The molecule has 0 radical (unpaired) electrons. The van der Waals surface area contributed by atoms with Crippen LogP contribution in [0.15, 0.2) is 42.5 Å². The molecule has 2 N–H and O–H groups in total. The van der Waals surface area contributed by atoms with E-state index in [4.69, 9.17) is 9.47 Å². The summed E-state index contributed by atoms with van der Waals surface area (Å²) in [6, 6.07) is 13.0. The van der Waals surface area contributed by atoms with E-state index in [2.05, 4.69) is 10.6 Å². The van der Waals surface area contributed by atoms with E-state index < -0.39 is 5.41 Å². The van der Waals surface area contributed by atoms with E-state index >= 15 is 0 Å². The molecule has 0 unspecified atom stereocenters. The number of amides is 2. The van der Waals surface area contributed by atoms with Gasteiger partial charge in [-0.3, -0.25) is 9.59 Å². The van der Waals surface area contributed by atoms with Gasteiger partial charge < -0.3 is 20.1 Å². The second-order valence-electron chi connectivity index (χ2n) is 7.42. The smallest absolute Gasteiger partial charge is 0.235 e. The largest absolute Gasteiger partial charge is 0.497 e. The fourth-order valence-corrected chi connectivity index (χ4v) is 4.02. The predicted octanol–water partition coefficient (Wildman–Crippen LogP) is 4.50. The fraction of sp³-hybridized carbons (Fsp3) is 0.391. The number of benzene rings is 2. The Hall–Kier alpha value is -3.02. The zero-order chi connectivity index (χ0) is 20.9. The molecule has 0 saturated heterocycles. The molecule has 154 valence electrons. The van der Waals surface area contributed by atoms with E-state index in [1.165, 1.54) is 14.0 Å². The molecule has 2 amide bonds. The van der Waals surface area contributed by atoms with Gasteiger partial charge >= 0.3 is 0 Å². The van der Waals surface area contributed by atoms with Crippen LogP contribution in [0.3, 0.4) is 0 Å². The molecule has 1 aliphatic carbocycles. The topological polar surface area (TPSA) is 76.7 Å². The van der Waals surface area contributed by atoms with E-state index in [9.17, 15) is 9.59 Å². The molecule has 6 nitrogen and oxygen atoms in total. The number of rotatable bonds is 6. The van der Waals surface area contributed by atoms with Crippen molar-refractivity contribution in [3.8, 4) is 11.5 Å². The summed E-state index contributed by atoms with van der Waals surface area (Å²) in [5, 5.41) is 5.80. The number of anilines is 2. The SMILES string of the molecule is COc1ccc(C2(C(=O)Nc3ccc(NC(C)=O)c(OC)c3)CCCCC2)cc1. The van der Waals surface area contributed by atoms with Gasteiger partial charge in [0, 0.05) is 18.7 Å². The van der Waals surface area contributed by atoms with Crippen LogP contribution in [-0.4, -0.2) is 26.0 Å². The minimum absolute atomic E-state index is 0.0169. The Bertz CT molecular complexity index is 871. The molecular formula is C23H28N2O4. The number of hydrogen-bond acceptors (Lipinski definition) is 4. The number of ether oxygens (including phenoxy) is 2.